The van der Waals surface area contributed by atoms with Crippen LogP contribution in [0.1, 0.15) is 33.1 Å². The number of amides is 1. The van der Waals surface area contributed by atoms with Gasteiger partial charge in [0, 0.05) is 12.7 Å². The zero-order valence-corrected chi connectivity index (χ0v) is 15.7. The first kappa shape index (κ1) is 20.5. The van der Waals surface area contributed by atoms with E-state index in [1.807, 2.05) is 0 Å². The normalized spacial score (nSPS) is 12.7. The lowest BCUT2D eigenvalue weighted by Crippen LogP contribution is -2.25. The van der Waals surface area contributed by atoms with E-state index < -0.39 is 23.7 Å². The van der Waals surface area contributed by atoms with Gasteiger partial charge in [-0.2, -0.15) is 13.2 Å². The zero-order valence-electron chi connectivity index (χ0n) is 15.7. The van der Waals surface area contributed by atoms with Crippen LogP contribution >= 0.6 is 0 Å². The van der Waals surface area contributed by atoms with Gasteiger partial charge in [0.25, 0.3) is 5.91 Å². The number of primary amides is 1. The predicted molar refractivity (Wildman–Crippen MR) is 102 cm³/mol. The summed E-state index contributed by atoms with van der Waals surface area (Å²) >= 11 is 0. The second-order valence-electron chi connectivity index (χ2n) is 6.47. The summed E-state index contributed by atoms with van der Waals surface area (Å²) in [5.74, 6) is -0.380. The molecule has 0 fully saturated rings. The largest absolute Gasteiger partial charge is 0.416 e. The lowest BCUT2D eigenvalue weighted by atomic mass is 9.99. The monoisotopic (exact) mass is 404 g/mol. The molecule has 0 radical (unpaired) electrons. The highest BCUT2D eigenvalue weighted by molar-refractivity contribution is 6.05. The van der Waals surface area contributed by atoms with Gasteiger partial charge in [-0.1, -0.05) is 12.1 Å². The Bertz CT molecular complexity index is 1050. The van der Waals surface area contributed by atoms with E-state index in [0.717, 1.165) is 6.07 Å². The number of aryl methyl sites for hydroxylation is 1. The number of anilines is 1. The molecule has 0 unspecified atom stereocenters. The van der Waals surface area contributed by atoms with Crippen molar-refractivity contribution in [2.24, 2.45) is 5.73 Å². The van der Waals surface area contributed by atoms with E-state index in [1.165, 1.54) is 31.6 Å². The molecule has 1 aromatic carbocycles. The average Bonchev–Trinajstić information content (AvgIpc) is 2.67. The first-order chi connectivity index (χ1) is 13.7. The molecule has 1 amide bonds. The quantitative estimate of drug-likeness (QED) is 0.583. The molecule has 0 saturated heterocycles. The minimum Gasteiger partial charge on any atom is -0.366 e. The SMILES string of the molecule is CNC[C@@H](Nc1ncnc2c(C(N)=O)ccnc12)c1ccc(C)c(C(F)(F)F)c1. The number of nitrogens with one attached hydrogen (secondary N) is 2. The molecule has 0 bridgehead atoms. The van der Waals surface area contributed by atoms with Crippen molar-refractivity contribution in [1.82, 2.24) is 20.3 Å². The molecule has 152 valence electrons. The van der Waals surface area contributed by atoms with Gasteiger partial charge in [0.2, 0.25) is 0 Å². The van der Waals surface area contributed by atoms with Crippen molar-refractivity contribution in [2.45, 2.75) is 19.1 Å². The maximum Gasteiger partial charge on any atom is 0.416 e. The number of fused-ring (bicyclic) bond motifs is 1. The Hall–Kier alpha value is -3.27. The fourth-order valence-corrected chi connectivity index (χ4v) is 3.05. The molecule has 0 aliphatic carbocycles. The Balaban J connectivity index is 2.05. The van der Waals surface area contributed by atoms with Gasteiger partial charge >= 0.3 is 6.18 Å². The van der Waals surface area contributed by atoms with Crippen LogP contribution in [0.15, 0.2) is 36.8 Å². The molecule has 7 nitrogen and oxygen atoms in total. The number of hydrogen-bond acceptors (Lipinski definition) is 6. The van der Waals surface area contributed by atoms with Crippen molar-refractivity contribution in [3.8, 4) is 0 Å². The minimum atomic E-state index is -4.45. The van der Waals surface area contributed by atoms with Gasteiger partial charge in [-0.05, 0) is 37.2 Å². The number of nitrogens with zero attached hydrogens (tertiary/aromatic N) is 3. The van der Waals surface area contributed by atoms with Gasteiger partial charge in [-0.3, -0.25) is 9.78 Å². The van der Waals surface area contributed by atoms with Crippen LogP contribution in [0.4, 0.5) is 19.0 Å². The second-order valence-corrected chi connectivity index (χ2v) is 6.47. The van der Waals surface area contributed by atoms with Crippen LogP contribution in [0.2, 0.25) is 0 Å². The summed E-state index contributed by atoms with van der Waals surface area (Å²) in [6.45, 7) is 1.74. The van der Waals surface area contributed by atoms with E-state index in [1.54, 1.807) is 13.1 Å². The van der Waals surface area contributed by atoms with Crippen molar-refractivity contribution in [1.29, 1.82) is 0 Å². The van der Waals surface area contributed by atoms with Crippen LogP contribution in [0.5, 0.6) is 0 Å². The van der Waals surface area contributed by atoms with Gasteiger partial charge in [0.15, 0.2) is 5.82 Å². The number of halogens is 3. The smallest absolute Gasteiger partial charge is 0.366 e. The number of alkyl halides is 3. The van der Waals surface area contributed by atoms with Gasteiger partial charge in [-0.15, -0.1) is 0 Å². The van der Waals surface area contributed by atoms with Crippen molar-refractivity contribution in [3.05, 3.63) is 59.0 Å². The summed E-state index contributed by atoms with van der Waals surface area (Å²) in [5.41, 5.74) is 6.00. The summed E-state index contributed by atoms with van der Waals surface area (Å²) in [4.78, 5) is 24.1. The first-order valence-corrected chi connectivity index (χ1v) is 8.70. The maximum atomic E-state index is 13.3. The highest BCUT2D eigenvalue weighted by Gasteiger charge is 2.33. The predicted octanol–water partition coefficient (Wildman–Crippen LogP) is 2.82. The number of hydrogen-bond donors (Lipinski definition) is 3. The summed E-state index contributed by atoms with van der Waals surface area (Å²) in [6.07, 6.45) is -1.81. The standard InChI is InChI=1S/C19H19F3N6O/c1-10-3-4-11(7-13(10)19(20,21)22)14(8-24-2)28-18-16-15(26-9-27-18)12(17(23)29)5-6-25-16/h3-7,9,14,24H,8H2,1-2H3,(H2,23,29)(H,26,27,28)/t14-/m1/s1. The number of rotatable bonds is 6. The van der Waals surface area contributed by atoms with E-state index in [4.69, 9.17) is 5.73 Å². The molecule has 3 aromatic rings. The van der Waals surface area contributed by atoms with E-state index in [0.29, 0.717) is 17.6 Å². The Morgan fingerprint density at radius 1 is 1.17 bits per heavy atom. The Labute approximate surface area is 164 Å². The highest BCUT2D eigenvalue weighted by atomic mass is 19.4. The number of aromatic nitrogens is 3. The van der Waals surface area contributed by atoms with E-state index >= 15 is 0 Å². The molecule has 0 aliphatic heterocycles. The number of carbonyl (C=O) groups excluding carboxylic acids is 1. The molecule has 2 heterocycles. The summed E-state index contributed by atoms with van der Waals surface area (Å²) in [5, 5.41) is 6.06. The van der Waals surface area contributed by atoms with Gasteiger partial charge < -0.3 is 16.4 Å². The topological polar surface area (TPSA) is 106 Å². The number of carbonyl (C=O) groups is 1. The minimum absolute atomic E-state index is 0.143. The molecule has 10 heteroatoms. The Morgan fingerprint density at radius 2 is 1.93 bits per heavy atom. The van der Waals surface area contributed by atoms with Crippen LogP contribution < -0.4 is 16.4 Å². The summed E-state index contributed by atoms with van der Waals surface area (Å²) < 4.78 is 40.0. The molecular formula is C19H19F3N6O. The van der Waals surface area contributed by atoms with E-state index in [9.17, 15) is 18.0 Å². The van der Waals surface area contributed by atoms with Crippen molar-refractivity contribution in [2.75, 3.05) is 18.9 Å². The molecule has 0 spiro atoms. The third-order valence-electron chi connectivity index (χ3n) is 4.48. The molecule has 29 heavy (non-hydrogen) atoms. The lowest BCUT2D eigenvalue weighted by Gasteiger charge is -2.22. The van der Waals surface area contributed by atoms with Gasteiger partial charge in [0.1, 0.15) is 17.4 Å². The molecule has 0 saturated carbocycles. The van der Waals surface area contributed by atoms with Crippen LogP contribution in [-0.2, 0) is 6.18 Å². The highest BCUT2D eigenvalue weighted by Crippen LogP contribution is 2.34. The first-order valence-electron chi connectivity index (χ1n) is 8.70. The van der Waals surface area contributed by atoms with Crippen LogP contribution in [0.3, 0.4) is 0 Å². The van der Waals surface area contributed by atoms with E-state index in [-0.39, 0.29) is 22.5 Å². The average molecular weight is 404 g/mol. The zero-order chi connectivity index (χ0) is 21.2. The molecule has 1 atom stereocenters. The van der Waals surface area contributed by atoms with Crippen LogP contribution in [-0.4, -0.2) is 34.5 Å². The van der Waals surface area contributed by atoms with Crippen molar-refractivity contribution in [3.63, 3.8) is 0 Å². The Kier molecular flexibility index (Phi) is 5.64. The third kappa shape index (κ3) is 4.27. The van der Waals surface area contributed by atoms with E-state index in [2.05, 4.69) is 25.6 Å². The van der Waals surface area contributed by atoms with Crippen LogP contribution in [0.25, 0.3) is 11.0 Å². The van der Waals surface area contributed by atoms with Crippen molar-refractivity contribution >= 4 is 22.8 Å². The molecule has 4 N–H and O–H groups in total. The lowest BCUT2D eigenvalue weighted by molar-refractivity contribution is -0.138. The van der Waals surface area contributed by atoms with Crippen molar-refractivity contribution < 1.29 is 18.0 Å². The van der Waals surface area contributed by atoms with Gasteiger partial charge in [-0.25, -0.2) is 9.97 Å². The number of pyridine rings is 1. The number of likely N-dealkylation sites (N-methyl/N-ethyl adjacent to an activating group) is 1. The summed E-state index contributed by atoms with van der Waals surface area (Å²) in [7, 11) is 1.69. The summed E-state index contributed by atoms with van der Waals surface area (Å²) in [6, 6.07) is 5.09. The molecule has 2 aromatic heterocycles. The van der Waals surface area contributed by atoms with Gasteiger partial charge in [0.05, 0.1) is 17.2 Å². The number of benzene rings is 1. The maximum absolute atomic E-state index is 13.3. The number of nitrogens with two attached hydrogens (primary N) is 1. The molecular weight excluding hydrogens is 385 g/mol. The molecule has 3 rings (SSSR count). The van der Waals surface area contributed by atoms with Crippen LogP contribution in [0, 0.1) is 6.92 Å². The third-order valence-corrected chi connectivity index (χ3v) is 4.48. The fraction of sp³-hybridized carbons (Fsp3) is 0.263. The molecule has 0 aliphatic rings. The Morgan fingerprint density at radius 3 is 2.59 bits per heavy atom. The second kappa shape index (κ2) is 8.00. The fourth-order valence-electron chi connectivity index (χ4n) is 3.05.